The monoisotopic (exact) mass is 281 g/mol. The van der Waals surface area contributed by atoms with E-state index < -0.39 is 32.7 Å². The fourth-order valence-corrected chi connectivity index (χ4v) is 2.90. The van der Waals surface area contributed by atoms with Crippen LogP contribution >= 0.6 is 0 Å². The summed E-state index contributed by atoms with van der Waals surface area (Å²) in [4.78, 5) is -0.738. The summed E-state index contributed by atoms with van der Waals surface area (Å²) in [5.41, 5.74) is -1.15. The Morgan fingerprint density at radius 3 is 2.33 bits per heavy atom. The zero-order valence-electron chi connectivity index (χ0n) is 9.95. The molecule has 0 radical (unpaired) electrons. The maximum Gasteiger partial charge on any atom is 0.417 e. The smallest absolute Gasteiger partial charge is 0.208 e. The van der Waals surface area contributed by atoms with E-state index >= 15 is 0 Å². The molecule has 1 aromatic rings. The molecule has 1 unspecified atom stereocenters. The first-order valence-corrected chi connectivity index (χ1v) is 6.85. The van der Waals surface area contributed by atoms with Crippen LogP contribution in [0, 0.1) is 0 Å². The van der Waals surface area contributed by atoms with E-state index in [1.807, 2.05) is 0 Å². The number of alkyl halides is 3. The van der Waals surface area contributed by atoms with Crippen LogP contribution in [0.5, 0.6) is 0 Å². The van der Waals surface area contributed by atoms with Gasteiger partial charge in [0.1, 0.15) is 0 Å². The lowest BCUT2D eigenvalue weighted by Gasteiger charge is -2.16. The number of halogens is 3. The van der Waals surface area contributed by atoms with Crippen molar-refractivity contribution in [1.29, 1.82) is 0 Å². The van der Waals surface area contributed by atoms with Crippen molar-refractivity contribution < 1.29 is 21.6 Å². The molecule has 0 bridgehead atoms. The minimum absolute atomic E-state index is 0.420. The average molecular weight is 281 g/mol. The maximum atomic E-state index is 12.7. The second kappa shape index (κ2) is 5.27. The van der Waals surface area contributed by atoms with E-state index in [0.29, 0.717) is 6.42 Å². The molecule has 1 rings (SSSR count). The molecule has 102 valence electrons. The van der Waals surface area contributed by atoms with E-state index in [4.69, 9.17) is 0 Å². The molecule has 0 saturated heterocycles. The van der Waals surface area contributed by atoms with E-state index in [1.165, 1.54) is 6.07 Å². The number of nitrogens with one attached hydrogen (secondary N) is 1. The highest BCUT2D eigenvalue weighted by Crippen LogP contribution is 2.33. The SMILES string of the molecule is CCC(C)NS(=O)(=O)c1ccccc1C(F)(F)F. The molecular weight excluding hydrogens is 267 g/mol. The van der Waals surface area contributed by atoms with E-state index in [-0.39, 0.29) is 0 Å². The highest BCUT2D eigenvalue weighted by Gasteiger charge is 2.36. The predicted octanol–water partition coefficient (Wildman–Crippen LogP) is 2.78. The molecular formula is C11H14F3NO2S. The van der Waals surface area contributed by atoms with Gasteiger partial charge in [0.05, 0.1) is 10.5 Å². The van der Waals surface area contributed by atoms with Crippen LogP contribution in [0.2, 0.25) is 0 Å². The van der Waals surface area contributed by atoms with Crippen LogP contribution in [0.3, 0.4) is 0 Å². The summed E-state index contributed by atoms with van der Waals surface area (Å²) in [6, 6.07) is 3.71. The zero-order valence-corrected chi connectivity index (χ0v) is 10.8. The molecule has 1 aromatic carbocycles. The lowest BCUT2D eigenvalue weighted by molar-refractivity contribution is -0.139. The van der Waals surface area contributed by atoms with Gasteiger partial charge in [-0.3, -0.25) is 0 Å². The van der Waals surface area contributed by atoms with Crippen molar-refractivity contribution in [2.75, 3.05) is 0 Å². The molecule has 0 amide bonds. The summed E-state index contributed by atoms with van der Waals surface area (Å²) in [5, 5.41) is 0. The van der Waals surface area contributed by atoms with Gasteiger partial charge in [0, 0.05) is 6.04 Å². The molecule has 1 N–H and O–H groups in total. The number of hydrogen-bond acceptors (Lipinski definition) is 2. The number of rotatable bonds is 4. The van der Waals surface area contributed by atoms with Crippen molar-refractivity contribution in [2.24, 2.45) is 0 Å². The van der Waals surface area contributed by atoms with Gasteiger partial charge >= 0.3 is 6.18 Å². The Morgan fingerprint density at radius 1 is 1.28 bits per heavy atom. The standard InChI is InChI=1S/C11H14F3NO2S/c1-3-8(2)15-18(16,17)10-7-5-4-6-9(10)11(12,13)14/h4-8,15H,3H2,1-2H3. The third kappa shape index (κ3) is 3.46. The second-order valence-corrected chi connectivity index (χ2v) is 5.61. The van der Waals surface area contributed by atoms with Gasteiger partial charge in [0.15, 0.2) is 0 Å². The van der Waals surface area contributed by atoms with E-state index in [9.17, 15) is 21.6 Å². The van der Waals surface area contributed by atoms with Crippen LogP contribution in [-0.4, -0.2) is 14.5 Å². The van der Waals surface area contributed by atoms with Crippen molar-refractivity contribution in [2.45, 2.75) is 37.4 Å². The van der Waals surface area contributed by atoms with Crippen LogP contribution < -0.4 is 4.72 Å². The molecule has 7 heteroatoms. The maximum absolute atomic E-state index is 12.7. The van der Waals surface area contributed by atoms with Crippen molar-refractivity contribution in [3.05, 3.63) is 29.8 Å². The van der Waals surface area contributed by atoms with Crippen LogP contribution in [0.15, 0.2) is 29.2 Å². The van der Waals surface area contributed by atoms with Gasteiger partial charge in [0.25, 0.3) is 0 Å². The first kappa shape index (κ1) is 15.0. The molecule has 0 heterocycles. The number of hydrogen-bond donors (Lipinski definition) is 1. The average Bonchev–Trinajstić information content (AvgIpc) is 2.27. The molecule has 0 spiro atoms. The minimum Gasteiger partial charge on any atom is -0.208 e. The molecule has 3 nitrogen and oxygen atoms in total. The summed E-state index contributed by atoms with van der Waals surface area (Å²) in [5.74, 6) is 0. The third-order valence-corrected chi connectivity index (χ3v) is 4.10. The van der Waals surface area contributed by atoms with Gasteiger partial charge < -0.3 is 0 Å². The zero-order chi connectivity index (χ0) is 14.0. The first-order chi connectivity index (χ1) is 8.18. The van der Waals surface area contributed by atoms with Crippen molar-refractivity contribution >= 4 is 10.0 Å². The van der Waals surface area contributed by atoms with Crippen molar-refractivity contribution in [3.8, 4) is 0 Å². The molecule has 18 heavy (non-hydrogen) atoms. The van der Waals surface area contributed by atoms with Gasteiger partial charge in [-0.1, -0.05) is 19.1 Å². The van der Waals surface area contributed by atoms with E-state index in [2.05, 4.69) is 4.72 Å². The number of sulfonamides is 1. The minimum atomic E-state index is -4.69. The normalized spacial score (nSPS) is 14.5. The summed E-state index contributed by atoms with van der Waals surface area (Å²) in [7, 11) is -4.16. The molecule has 0 aliphatic carbocycles. The Hall–Kier alpha value is -1.08. The van der Waals surface area contributed by atoms with Crippen LogP contribution in [-0.2, 0) is 16.2 Å². The summed E-state index contributed by atoms with van der Waals surface area (Å²) < 4.78 is 64.0. The molecule has 0 saturated carbocycles. The summed E-state index contributed by atoms with van der Waals surface area (Å²) in [6.45, 7) is 3.33. The second-order valence-electron chi connectivity index (χ2n) is 3.92. The van der Waals surface area contributed by atoms with Crippen molar-refractivity contribution in [1.82, 2.24) is 4.72 Å². The fraction of sp³-hybridized carbons (Fsp3) is 0.455. The van der Waals surface area contributed by atoms with Gasteiger partial charge in [0.2, 0.25) is 10.0 Å². The van der Waals surface area contributed by atoms with Gasteiger partial charge in [-0.25, -0.2) is 13.1 Å². The van der Waals surface area contributed by atoms with Gasteiger partial charge in [-0.15, -0.1) is 0 Å². The van der Waals surface area contributed by atoms with E-state index in [0.717, 1.165) is 18.2 Å². The first-order valence-electron chi connectivity index (χ1n) is 5.37. The lowest BCUT2D eigenvalue weighted by Crippen LogP contribution is -2.33. The molecule has 0 fully saturated rings. The summed E-state index contributed by atoms with van der Waals surface area (Å²) in [6.07, 6.45) is -4.20. The molecule has 0 aromatic heterocycles. The lowest BCUT2D eigenvalue weighted by atomic mass is 10.2. The number of benzene rings is 1. The highest BCUT2D eigenvalue weighted by molar-refractivity contribution is 7.89. The van der Waals surface area contributed by atoms with Crippen LogP contribution in [0.1, 0.15) is 25.8 Å². The highest BCUT2D eigenvalue weighted by atomic mass is 32.2. The Labute approximate surface area is 104 Å². The van der Waals surface area contributed by atoms with Gasteiger partial charge in [-0.05, 0) is 25.5 Å². The van der Waals surface area contributed by atoms with Gasteiger partial charge in [-0.2, -0.15) is 13.2 Å². The van der Waals surface area contributed by atoms with Crippen LogP contribution in [0.4, 0.5) is 13.2 Å². The Bertz CT molecular complexity index is 511. The predicted molar refractivity (Wildman–Crippen MR) is 61.5 cm³/mol. The largest absolute Gasteiger partial charge is 0.417 e. The Balaban J connectivity index is 3.25. The molecule has 0 aliphatic heterocycles. The third-order valence-electron chi connectivity index (χ3n) is 2.45. The van der Waals surface area contributed by atoms with Crippen LogP contribution in [0.25, 0.3) is 0 Å². The van der Waals surface area contributed by atoms with Crippen molar-refractivity contribution in [3.63, 3.8) is 0 Å². The molecule has 1 atom stereocenters. The van der Waals surface area contributed by atoms with E-state index in [1.54, 1.807) is 13.8 Å². The molecule has 0 aliphatic rings. The summed E-state index contributed by atoms with van der Waals surface area (Å²) >= 11 is 0. The quantitative estimate of drug-likeness (QED) is 0.922. The Kier molecular flexibility index (Phi) is 4.39. The topological polar surface area (TPSA) is 46.2 Å². The Morgan fingerprint density at radius 2 is 1.83 bits per heavy atom. The fourth-order valence-electron chi connectivity index (χ4n) is 1.35.